The van der Waals surface area contributed by atoms with Crippen molar-refractivity contribution in [1.82, 2.24) is 9.97 Å². The largest absolute Gasteiger partial charge is 0.421 e. The number of aryl methyl sites for hydroxylation is 1. The molecule has 0 aliphatic rings. The van der Waals surface area contributed by atoms with Gasteiger partial charge in [0.1, 0.15) is 11.4 Å². The lowest BCUT2D eigenvalue weighted by molar-refractivity contribution is -0.137. The van der Waals surface area contributed by atoms with Crippen molar-refractivity contribution in [2.24, 2.45) is 0 Å². The first-order chi connectivity index (χ1) is 13.8. The van der Waals surface area contributed by atoms with Crippen molar-refractivity contribution in [3.63, 3.8) is 0 Å². The zero-order valence-electron chi connectivity index (χ0n) is 16.5. The molecule has 1 unspecified atom stereocenters. The van der Waals surface area contributed by atoms with E-state index in [2.05, 4.69) is 34.4 Å². The van der Waals surface area contributed by atoms with Crippen molar-refractivity contribution in [3.8, 4) is 0 Å². The molecule has 0 saturated carbocycles. The van der Waals surface area contributed by atoms with Crippen LogP contribution >= 0.6 is 0 Å². The van der Waals surface area contributed by atoms with Gasteiger partial charge in [0.15, 0.2) is 0 Å². The molecule has 3 rings (SSSR count). The van der Waals surface area contributed by atoms with E-state index in [9.17, 15) is 13.2 Å². The number of nitrogens with zero attached hydrogens (tertiary/aromatic N) is 2. The molecule has 4 nitrogen and oxygen atoms in total. The zero-order valence-corrected chi connectivity index (χ0v) is 16.5. The Morgan fingerprint density at radius 1 is 1.00 bits per heavy atom. The van der Waals surface area contributed by atoms with E-state index in [0.717, 1.165) is 23.7 Å². The Labute approximate surface area is 168 Å². The molecule has 0 aliphatic carbocycles. The second-order valence-electron chi connectivity index (χ2n) is 7.00. The summed E-state index contributed by atoms with van der Waals surface area (Å²) in [6, 6.07) is 14.8. The molecule has 2 aromatic carbocycles. The zero-order chi connectivity index (χ0) is 21.0. The monoisotopic (exact) mass is 400 g/mol. The predicted molar refractivity (Wildman–Crippen MR) is 110 cm³/mol. The maximum atomic E-state index is 13.5. The van der Waals surface area contributed by atoms with Gasteiger partial charge in [0.2, 0.25) is 5.95 Å². The highest BCUT2D eigenvalue weighted by atomic mass is 19.4. The summed E-state index contributed by atoms with van der Waals surface area (Å²) in [6.07, 6.45) is -2.83. The molecule has 3 aromatic rings. The van der Waals surface area contributed by atoms with Crippen LogP contribution in [-0.2, 0) is 6.18 Å². The first-order valence-corrected chi connectivity index (χ1v) is 9.41. The van der Waals surface area contributed by atoms with Crippen molar-refractivity contribution in [2.75, 3.05) is 10.6 Å². The number of hydrogen-bond donors (Lipinski definition) is 2. The Balaban J connectivity index is 1.93. The molecule has 0 amide bonds. The topological polar surface area (TPSA) is 49.8 Å². The van der Waals surface area contributed by atoms with Crippen LogP contribution in [0.2, 0.25) is 0 Å². The Bertz CT molecular complexity index is 969. The van der Waals surface area contributed by atoms with Crippen LogP contribution in [0, 0.1) is 6.92 Å². The Morgan fingerprint density at radius 3 is 2.38 bits per heavy atom. The van der Waals surface area contributed by atoms with Gasteiger partial charge in [-0.1, -0.05) is 43.7 Å². The van der Waals surface area contributed by atoms with Gasteiger partial charge in [-0.05, 0) is 49.1 Å². The lowest BCUT2D eigenvalue weighted by atomic mass is 9.98. The van der Waals surface area contributed by atoms with E-state index >= 15 is 0 Å². The fraction of sp³-hybridized carbons (Fsp3) is 0.273. The lowest BCUT2D eigenvalue weighted by Gasteiger charge is -2.16. The summed E-state index contributed by atoms with van der Waals surface area (Å²) in [5, 5.41) is 5.77. The van der Waals surface area contributed by atoms with Gasteiger partial charge in [0.25, 0.3) is 0 Å². The Morgan fingerprint density at radius 2 is 1.72 bits per heavy atom. The summed E-state index contributed by atoms with van der Waals surface area (Å²) in [5.41, 5.74) is 2.46. The van der Waals surface area contributed by atoms with Crippen molar-refractivity contribution in [3.05, 3.63) is 71.4 Å². The summed E-state index contributed by atoms with van der Waals surface area (Å²) >= 11 is 0. The van der Waals surface area contributed by atoms with Crippen LogP contribution in [0.1, 0.15) is 42.9 Å². The van der Waals surface area contributed by atoms with E-state index in [4.69, 9.17) is 0 Å². The van der Waals surface area contributed by atoms with Crippen molar-refractivity contribution in [2.45, 2.75) is 39.3 Å². The SMILES string of the molecule is CCC(C)c1cccc(Nc2nc(Nc3ccc(C)cc3)ncc2C(F)(F)F)c1. The van der Waals surface area contributed by atoms with Crippen LogP contribution in [0.5, 0.6) is 0 Å². The Kier molecular flexibility index (Phi) is 6.06. The summed E-state index contributed by atoms with van der Waals surface area (Å²) in [5.74, 6) is 0.105. The number of hydrogen-bond acceptors (Lipinski definition) is 4. The Hall–Kier alpha value is -3.09. The highest BCUT2D eigenvalue weighted by Gasteiger charge is 2.35. The molecule has 0 fully saturated rings. The van der Waals surface area contributed by atoms with Gasteiger partial charge in [-0.3, -0.25) is 0 Å². The van der Waals surface area contributed by atoms with Crippen LogP contribution in [-0.4, -0.2) is 9.97 Å². The molecular weight excluding hydrogens is 377 g/mol. The number of anilines is 4. The van der Waals surface area contributed by atoms with Gasteiger partial charge in [-0.25, -0.2) is 4.98 Å². The fourth-order valence-corrected chi connectivity index (χ4v) is 2.81. The number of halogens is 3. The molecule has 0 spiro atoms. The summed E-state index contributed by atoms with van der Waals surface area (Å²) in [7, 11) is 0. The van der Waals surface area contributed by atoms with E-state index in [1.54, 1.807) is 6.07 Å². The van der Waals surface area contributed by atoms with Gasteiger partial charge < -0.3 is 10.6 Å². The maximum absolute atomic E-state index is 13.5. The first-order valence-electron chi connectivity index (χ1n) is 9.41. The smallest absolute Gasteiger partial charge is 0.340 e. The maximum Gasteiger partial charge on any atom is 0.421 e. The first kappa shape index (κ1) is 20.6. The summed E-state index contributed by atoms with van der Waals surface area (Å²) in [4.78, 5) is 7.94. The number of benzene rings is 2. The fourth-order valence-electron chi connectivity index (χ4n) is 2.81. The molecule has 0 bridgehead atoms. The third kappa shape index (κ3) is 5.25. The van der Waals surface area contributed by atoms with Gasteiger partial charge in [0, 0.05) is 17.6 Å². The number of aromatic nitrogens is 2. The van der Waals surface area contributed by atoms with E-state index in [0.29, 0.717) is 17.3 Å². The van der Waals surface area contributed by atoms with E-state index in [1.807, 2.05) is 49.4 Å². The standard InChI is InChI=1S/C22H23F3N4/c1-4-15(3)16-6-5-7-18(12-16)27-20-19(22(23,24)25)13-26-21(29-20)28-17-10-8-14(2)9-11-17/h5-13,15H,4H2,1-3H3,(H2,26,27,28,29). The average Bonchev–Trinajstić information content (AvgIpc) is 2.68. The molecule has 152 valence electrons. The number of alkyl halides is 3. The highest BCUT2D eigenvalue weighted by Crippen LogP contribution is 2.35. The third-order valence-corrected chi connectivity index (χ3v) is 4.73. The number of rotatable bonds is 6. The normalized spacial score (nSPS) is 12.5. The van der Waals surface area contributed by atoms with Crippen LogP contribution in [0.25, 0.3) is 0 Å². The summed E-state index contributed by atoms with van der Waals surface area (Å²) < 4.78 is 40.4. The minimum Gasteiger partial charge on any atom is -0.340 e. The molecule has 2 N–H and O–H groups in total. The van der Waals surface area contributed by atoms with Crippen molar-refractivity contribution < 1.29 is 13.2 Å². The van der Waals surface area contributed by atoms with Gasteiger partial charge >= 0.3 is 6.18 Å². The minimum atomic E-state index is -4.57. The van der Waals surface area contributed by atoms with Gasteiger partial charge in [-0.15, -0.1) is 0 Å². The minimum absolute atomic E-state index is 0.0856. The molecule has 0 aliphatic heterocycles. The summed E-state index contributed by atoms with van der Waals surface area (Å²) in [6.45, 7) is 6.10. The second-order valence-corrected chi connectivity index (χ2v) is 7.00. The van der Waals surface area contributed by atoms with Crippen LogP contribution in [0.15, 0.2) is 54.7 Å². The molecule has 1 heterocycles. The molecule has 0 radical (unpaired) electrons. The van der Waals surface area contributed by atoms with Crippen molar-refractivity contribution >= 4 is 23.1 Å². The quantitative estimate of drug-likeness (QED) is 0.477. The van der Waals surface area contributed by atoms with Gasteiger partial charge in [0.05, 0.1) is 0 Å². The van der Waals surface area contributed by atoms with Crippen LogP contribution in [0.3, 0.4) is 0 Å². The molecule has 1 atom stereocenters. The molecule has 0 saturated heterocycles. The average molecular weight is 400 g/mol. The predicted octanol–water partition coefficient (Wildman–Crippen LogP) is 6.80. The lowest BCUT2D eigenvalue weighted by Crippen LogP contribution is -2.12. The van der Waals surface area contributed by atoms with E-state index in [1.165, 1.54) is 0 Å². The second kappa shape index (κ2) is 8.51. The molecule has 1 aromatic heterocycles. The third-order valence-electron chi connectivity index (χ3n) is 4.73. The molecular formula is C22H23F3N4. The van der Waals surface area contributed by atoms with Crippen LogP contribution < -0.4 is 10.6 Å². The number of nitrogens with one attached hydrogen (secondary N) is 2. The van der Waals surface area contributed by atoms with Crippen molar-refractivity contribution in [1.29, 1.82) is 0 Å². The van der Waals surface area contributed by atoms with Gasteiger partial charge in [-0.2, -0.15) is 18.2 Å². The van der Waals surface area contributed by atoms with Crippen LogP contribution in [0.4, 0.5) is 36.3 Å². The highest BCUT2D eigenvalue weighted by molar-refractivity contribution is 5.63. The van der Waals surface area contributed by atoms with E-state index < -0.39 is 11.7 Å². The molecule has 29 heavy (non-hydrogen) atoms. The molecule has 7 heteroatoms. The van der Waals surface area contributed by atoms with E-state index in [-0.39, 0.29) is 11.8 Å².